The summed E-state index contributed by atoms with van der Waals surface area (Å²) < 4.78 is 7.13. The van der Waals surface area contributed by atoms with E-state index in [1.54, 1.807) is 6.33 Å². The average molecular weight is 489 g/mol. The fourth-order valence-electron chi connectivity index (χ4n) is 4.03. The maximum absolute atomic E-state index is 12.5. The molecule has 1 aliphatic heterocycles. The number of aryl methyl sites for hydroxylation is 1. The first-order chi connectivity index (χ1) is 16.8. The summed E-state index contributed by atoms with van der Waals surface area (Å²) in [5.41, 5.74) is 7.21. The monoisotopic (exact) mass is 488 g/mol. The van der Waals surface area contributed by atoms with Gasteiger partial charge in [0.05, 0.1) is 11.2 Å². The fraction of sp³-hybridized carbons (Fsp3) is 0.346. The molecule has 1 aliphatic rings. The Balaban J connectivity index is 1.34. The summed E-state index contributed by atoms with van der Waals surface area (Å²) in [6.07, 6.45) is 7.06. The molecule has 4 aromatic rings. The number of aromatic nitrogens is 5. The Hall–Kier alpha value is -3.46. The van der Waals surface area contributed by atoms with Gasteiger partial charge in [-0.3, -0.25) is 4.79 Å². The Morgan fingerprint density at radius 2 is 2.09 bits per heavy atom. The average Bonchev–Trinajstić information content (AvgIpc) is 3.51. The minimum absolute atomic E-state index is 0.0447. The molecule has 180 valence electrons. The summed E-state index contributed by atoms with van der Waals surface area (Å²) in [6.45, 7) is 8.27. The maximum atomic E-state index is 12.5. The van der Waals surface area contributed by atoms with Gasteiger partial charge in [-0.15, -0.1) is 0 Å². The van der Waals surface area contributed by atoms with E-state index in [2.05, 4.69) is 49.9 Å². The third-order valence-electron chi connectivity index (χ3n) is 6.07. The SMILES string of the molecule is Cc1cc(-c2ncnn3cc(C4=CCSCC4)cc23)ccc1CNC(=O)c1noc(C(C)(C)C)n1. The van der Waals surface area contributed by atoms with Crippen molar-refractivity contribution in [2.24, 2.45) is 0 Å². The Morgan fingerprint density at radius 3 is 2.80 bits per heavy atom. The summed E-state index contributed by atoms with van der Waals surface area (Å²) in [7, 11) is 0. The number of hydrogen-bond donors (Lipinski definition) is 1. The molecular weight excluding hydrogens is 460 g/mol. The van der Waals surface area contributed by atoms with E-state index in [4.69, 9.17) is 4.52 Å². The number of nitrogens with one attached hydrogen (secondary N) is 1. The molecule has 3 aromatic heterocycles. The number of hydrogen-bond acceptors (Lipinski definition) is 7. The molecule has 1 amide bonds. The Kier molecular flexibility index (Phi) is 6.19. The molecular formula is C26H28N6O2S. The van der Waals surface area contributed by atoms with Crippen molar-refractivity contribution in [3.63, 3.8) is 0 Å². The van der Waals surface area contributed by atoms with Gasteiger partial charge in [0.1, 0.15) is 6.33 Å². The standard InChI is InChI=1S/C26H28N6O2S/c1-16-11-18(5-6-19(16)13-27-24(33)23-30-25(34-31-23)26(2,3)4)22-21-12-20(14-32(21)29-15-28-22)17-7-9-35-10-8-17/h5-7,11-12,14-15H,8-10,13H2,1-4H3,(H,27,33). The minimum Gasteiger partial charge on any atom is -0.345 e. The molecule has 0 spiro atoms. The van der Waals surface area contributed by atoms with Crippen molar-refractivity contribution < 1.29 is 9.32 Å². The van der Waals surface area contributed by atoms with Gasteiger partial charge in [-0.05, 0) is 53.5 Å². The summed E-state index contributed by atoms with van der Waals surface area (Å²) in [6, 6.07) is 8.33. The van der Waals surface area contributed by atoms with E-state index in [0.717, 1.165) is 45.8 Å². The van der Waals surface area contributed by atoms with Crippen molar-refractivity contribution in [3.8, 4) is 11.3 Å². The molecule has 0 aliphatic carbocycles. The normalized spacial score (nSPS) is 14.2. The van der Waals surface area contributed by atoms with E-state index < -0.39 is 0 Å². The van der Waals surface area contributed by atoms with Crippen molar-refractivity contribution in [2.75, 3.05) is 11.5 Å². The number of benzene rings is 1. The van der Waals surface area contributed by atoms with Crippen LogP contribution in [0.2, 0.25) is 0 Å². The highest BCUT2D eigenvalue weighted by Gasteiger charge is 2.24. The van der Waals surface area contributed by atoms with E-state index in [9.17, 15) is 4.79 Å². The molecule has 0 atom stereocenters. The number of fused-ring (bicyclic) bond motifs is 1. The van der Waals surface area contributed by atoms with Crippen molar-refractivity contribution in [1.82, 2.24) is 30.1 Å². The van der Waals surface area contributed by atoms with E-state index in [1.807, 2.05) is 56.1 Å². The lowest BCUT2D eigenvalue weighted by Gasteiger charge is -2.10. The Morgan fingerprint density at radius 1 is 1.23 bits per heavy atom. The van der Waals surface area contributed by atoms with Crippen molar-refractivity contribution in [1.29, 1.82) is 0 Å². The molecule has 1 N–H and O–H groups in total. The number of carbonyl (C=O) groups is 1. The highest BCUT2D eigenvalue weighted by atomic mass is 32.2. The number of nitrogens with zero attached hydrogens (tertiary/aromatic N) is 5. The lowest BCUT2D eigenvalue weighted by atomic mass is 9.97. The van der Waals surface area contributed by atoms with Gasteiger partial charge < -0.3 is 9.84 Å². The molecule has 1 aromatic carbocycles. The number of thioether (sulfide) groups is 1. The highest BCUT2D eigenvalue weighted by molar-refractivity contribution is 7.99. The van der Waals surface area contributed by atoms with Gasteiger partial charge in [0, 0.05) is 29.5 Å². The van der Waals surface area contributed by atoms with Gasteiger partial charge in [0.15, 0.2) is 0 Å². The zero-order chi connectivity index (χ0) is 24.6. The van der Waals surface area contributed by atoms with Crippen molar-refractivity contribution in [3.05, 3.63) is 71.3 Å². The molecule has 35 heavy (non-hydrogen) atoms. The van der Waals surface area contributed by atoms with Gasteiger partial charge in [-0.25, -0.2) is 9.50 Å². The molecule has 5 rings (SSSR count). The van der Waals surface area contributed by atoms with Gasteiger partial charge in [-0.1, -0.05) is 44.1 Å². The van der Waals surface area contributed by atoms with Gasteiger partial charge in [0.2, 0.25) is 5.89 Å². The highest BCUT2D eigenvalue weighted by Crippen LogP contribution is 2.31. The largest absolute Gasteiger partial charge is 0.345 e. The second-order valence-corrected chi connectivity index (χ2v) is 10.9. The molecule has 0 fully saturated rings. The number of carbonyl (C=O) groups excluding carboxylic acids is 1. The molecule has 8 nitrogen and oxygen atoms in total. The smallest absolute Gasteiger partial charge is 0.292 e. The zero-order valence-electron chi connectivity index (χ0n) is 20.3. The predicted octanol–water partition coefficient (Wildman–Crippen LogP) is 4.84. The van der Waals surface area contributed by atoms with E-state index in [0.29, 0.717) is 12.4 Å². The van der Waals surface area contributed by atoms with Crippen molar-refractivity contribution >= 4 is 28.8 Å². The Labute approximate surface area is 208 Å². The zero-order valence-corrected chi connectivity index (χ0v) is 21.1. The van der Waals surface area contributed by atoms with Gasteiger partial charge in [-0.2, -0.15) is 21.8 Å². The Bertz CT molecular complexity index is 1430. The van der Waals surface area contributed by atoms with E-state index in [1.165, 1.54) is 11.1 Å². The van der Waals surface area contributed by atoms with E-state index >= 15 is 0 Å². The summed E-state index contributed by atoms with van der Waals surface area (Å²) in [5, 5.41) is 11.1. The molecule has 9 heteroatoms. The van der Waals surface area contributed by atoms with Crippen LogP contribution in [0.4, 0.5) is 0 Å². The lowest BCUT2D eigenvalue weighted by molar-refractivity contribution is 0.0937. The van der Waals surface area contributed by atoms with Crippen LogP contribution in [0.15, 0.2) is 47.4 Å². The number of allylic oxidation sites excluding steroid dienone is 1. The first-order valence-corrected chi connectivity index (χ1v) is 12.8. The molecule has 4 heterocycles. The molecule has 0 unspecified atom stereocenters. The molecule has 0 bridgehead atoms. The van der Waals surface area contributed by atoms with Crippen LogP contribution in [-0.2, 0) is 12.0 Å². The van der Waals surface area contributed by atoms with Crippen LogP contribution in [0.25, 0.3) is 22.3 Å². The van der Waals surface area contributed by atoms with E-state index in [-0.39, 0.29) is 17.1 Å². The van der Waals surface area contributed by atoms with Crippen LogP contribution in [-0.4, -0.2) is 42.2 Å². The van der Waals surface area contributed by atoms with Crippen LogP contribution in [0.3, 0.4) is 0 Å². The number of rotatable bonds is 5. The summed E-state index contributed by atoms with van der Waals surface area (Å²) in [5.74, 6) is 2.33. The van der Waals surface area contributed by atoms with Crippen LogP contribution in [0.5, 0.6) is 0 Å². The predicted molar refractivity (Wildman–Crippen MR) is 137 cm³/mol. The van der Waals surface area contributed by atoms with Crippen LogP contribution < -0.4 is 5.32 Å². The molecule has 0 radical (unpaired) electrons. The quantitative estimate of drug-likeness (QED) is 0.429. The molecule has 0 saturated heterocycles. The number of amides is 1. The van der Waals surface area contributed by atoms with Crippen molar-refractivity contribution in [2.45, 2.75) is 46.1 Å². The summed E-state index contributed by atoms with van der Waals surface area (Å²) >= 11 is 1.96. The van der Waals surface area contributed by atoms with Crippen LogP contribution in [0, 0.1) is 6.92 Å². The first kappa shape index (κ1) is 23.3. The fourth-order valence-corrected chi connectivity index (χ4v) is 4.88. The minimum atomic E-state index is -0.360. The second-order valence-electron chi connectivity index (χ2n) is 9.72. The third-order valence-corrected chi connectivity index (χ3v) is 6.96. The van der Waals surface area contributed by atoms with Crippen LogP contribution >= 0.6 is 11.8 Å². The lowest BCUT2D eigenvalue weighted by Crippen LogP contribution is -2.24. The first-order valence-electron chi connectivity index (χ1n) is 11.6. The topological polar surface area (TPSA) is 98.2 Å². The summed E-state index contributed by atoms with van der Waals surface area (Å²) in [4.78, 5) is 21.3. The maximum Gasteiger partial charge on any atom is 0.292 e. The second kappa shape index (κ2) is 9.30. The van der Waals surface area contributed by atoms with Crippen LogP contribution in [0.1, 0.15) is 60.4 Å². The van der Waals surface area contributed by atoms with Gasteiger partial charge in [0.25, 0.3) is 11.7 Å². The third kappa shape index (κ3) is 4.86. The van der Waals surface area contributed by atoms with Gasteiger partial charge >= 0.3 is 0 Å². The molecule has 0 saturated carbocycles.